The van der Waals surface area contributed by atoms with E-state index in [0.717, 1.165) is 30.2 Å². The van der Waals surface area contributed by atoms with Crippen molar-refractivity contribution in [2.24, 2.45) is 5.92 Å². The first-order chi connectivity index (χ1) is 10.7. The van der Waals surface area contributed by atoms with Gasteiger partial charge >= 0.3 is 0 Å². The van der Waals surface area contributed by atoms with E-state index in [4.69, 9.17) is 4.74 Å². The number of aryl methyl sites for hydroxylation is 1. The van der Waals surface area contributed by atoms with Crippen LogP contribution in [0.5, 0.6) is 5.88 Å². The maximum atomic E-state index is 5.74. The summed E-state index contributed by atoms with van der Waals surface area (Å²) in [4.78, 5) is 13.3. The maximum absolute atomic E-state index is 5.74. The molecular formula is C17H24N4O. The fourth-order valence-corrected chi connectivity index (χ4v) is 1.91. The average molecular weight is 300 g/mol. The predicted octanol–water partition coefficient (Wildman–Crippen LogP) is 3.47. The van der Waals surface area contributed by atoms with Gasteiger partial charge in [-0.15, -0.1) is 0 Å². The third-order valence-electron chi connectivity index (χ3n) is 2.96. The van der Waals surface area contributed by atoms with Crippen molar-refractivity contribution in [3.8, 4) is 5.88 Å². The predicted molar refractivity (Wildman–Crippen MR) is 87.9 cm³/mol. The van der Waals surface area contributed by atoms with Crippen LogP contribution in [-0.2, 0) is 13.0 Å². The van der Waals surface area contributed by atoms with Gasteiger partial charge in [0.15, 0.2) is 0 Å². The van der Waals surface area contributed by atoms with Gasteiger partial charge in [-0.25, -0.2) is 4.98 Å². The largest absolute Gasteiger partial charge is 0.477 e. The second kappa shape index (κ2) is 8.32. The lowest BCUT2D eigenvalue weighted by Gasteiger charge is -2.12. The normalized spacial score (nSPS) is 10.7. The number of rotatable bonds is 8. The van der Waals surface area contributed by atoms with Crippen molar-refractivity contribution in [2.45, 2.75) is 40.2 Å². The van der Waals surface area contributed by atoms with E-state index in [1.807, 2.05) is 24.3 Å². The van der Waals surface area contributed by atoms with Crippen LogP contribution in [0.2, 0.25) is 0 Å². The van der Waals surface area contributed by atoms with E-state index in [9.17, 15) is 0 Å². The summed E-state index contributed by atoms with van der Waals surface area (Å²) >= 11 is 0. The maximum Gasteiger partial charge on any atom is 0.218 e. The zero-order valence-electron chi connectivity index (χ0n) is 13.5. The van der Waals surface area contributed by atoms with Crippen LogP contribution in [-0.4, -0.2) is 21.6 Å². The zero-order valence-corrected chi connectivity index (χ0v) is 13.5. The summed E-state index contributed by atoms with van der Waals surface area (Å²) in [5, 5.41) is 3.29. The molecule has 0 saturated heterocycles. The molecule has 2 aromatic heterocycles. The van der Waals surface area contributed by atoms with Crippen molar-refractivity contribution < 1.29 is 4.74 Å². The van der Waals surface area contributed by atoms with Gasteiger partial charge < -0.3 is 10.1 Å². The number of pyridine rings is 1. The Morgan fingerprint density at radius 2 is 2.09 bits per heavy atom. The summed E-state index contributed by atoms with van der Waals surface area (Å²) in [5.74, 6) is 2.69. The number of hydrogen-bond acceptors (Lipinski definition) is 5. The van der Waals surface area contributed by atoms with E-state index in [1.165, 1.54) is 0 Å². The number of anilines is 1. The minimum absolute atomic E-state index is 0.467. The molecule has 5 nitrogen and oxygen atoms in total. The van der Waals surface area contributed by atoms with E-state index in [2.05, 4.69) is 41.0 Å². The van der Waals surface area contributed by atoms with Gasteiger partial charge in [0.25, 0.3) is 0 Å². The van der Waals surface area contributed by atoms with Crippen molar-refractivity contribution in [3.05, 3.63) is 42.0 Å². The summed E-state index contributed by atoms with van der Waals surface area (Å²) in [5.41, 5.74) is 0.975. The number of nitrogens with one attached hydrogen (secondary N) is 1. The zero-order chi connectivity index (χ0) is 15.8. The summed E-state index contributed by atoms with van der Waals surface area (Å²) in [6, 6.07) is 7.72. The summed E-state index contributed by atoms with van der Waals surface area (Å²) in [6.45, 7) is 7.64. The minimum Gasteiger partial charge on any atom is -0.477 e. The van der Waals surface area contributed by atoms with Crippen LogP contribution in [0.25, 0.3) is 0 Å². The van der Waals surface area contributed by atoms with E-state index in [-0.39, 0.29) is 0 Å². The van der Waals surface area contributed by atoms with Crippen molar-refractivity contribution in [3.63, 3.8) is 0 Å². The molecule has 0 unspecified atom stereocenters. The lowest BCUT2D eigenvalue weighted by Crippen LogP contribution is -2.10. The van der Waals surface area contributed by atoms with Crippen LogP contribution >= 0.6 is 0 Å². The Morgan fingerprint density at radius 1 is 1.23 bits per heavy atom. The van der Waals surface area contributed by atoms with Gasteiger partial charge in [-0.1, -0.05) is 26.8 Å². The second-order valence-corrected chi connectivity index (χ2v) is 5.64. The average Bonchev–Trinajstić information content (AvgIpc) is 2.52. The van der Waals surface area contributed by atoms with Gasteiger partial charge in [0.1, 0.15) is 11.6 Å². The summed E-state index contributed by atoms with van der Waals surface area (Å²) < 4.78 is 5.74. The fourth-order valence-electron chi connectivity index (χ4n) is 1.91. The molecular weight excluding hydrogens is 276 g/mol. The van der Waals surface area contributed by atoms with Gasteiger partial charge in [-0.2, -0.15) is 4.98 Å². The molecule has 118 valence electrons. The number of hydrogen-bond donors (Lipinski definition) is 1. The summed E-state index contributed by atoms with van der Waals surface area (Å²) in [7, 11) is 0. The third-order valence-corrected chi connectivity index (χ3v) is 2.96. The van der Waals surface area contributed by atoms with Crippen molar-refractivity contribution in [1.29, 1.82) is 0 Å². The van der Waals surface area contributed by atoms with E-state index in [1.54, 1.807) is 6.20 Å². The van der Waals surface area contributed by atoms with E-state index < -0.39 is 0 Å². The van der Waals surface area contributed by atoms with E-state index in [0.29, 0.717) is 24.9 Å². The third kappa shape index (κ3) is 5.31. The molecule has 0 aliphatic carbocycles. The molecule has 0 spiro atoms. The molecule has 0 aliphatic heterocycles. The number of nitrogens with zero attached hydrogens (tertiary/aromatic N) is 3. The lowest BCUT2D eigenvalue weighted by molar-refractivity contribution is 0.260. The molecule has 2 heterocycles. The standard InChI is InChI=1S/C17H24N4O/c1-4-7-15-20-16(10-17(21-15)22-12-13(2)3)19-11-14-8-5-6-9-18-14/h5-6,8-10,13H,4,7,11-12H2,1-3H3,(H,19,20,21). The smallest absolute Gasteiger partial charge is 0.218 e. The molecule has 0 fully saturated rings. The first-order valence-corrected chi connectivity index (χ1v) is 7.82. The number of ether oxygens (including phenoxy) is 1. The van der Waals surface area contributed by atoms with Gasteiger partial charge in [0, 0.05) is 18.7 Å². The van der Waals surface area contributed by atoms with Crippen molar-refractivity contribution in [1.82, 2.24) is 15.0 Å². The van der Waals surface area contributed by atoms with E-state index >= 15 is 0 Å². The molecule has 1 N–H and O–H groups in total. The van der Waals surface area contributed by atoms with Crippen LogP contribution in [0.15, 0.2) is 30.5 Å². The fraction of sp³-hybridized carbons (Fsp3) is 0.471. The first-order valence-electron chi connectivity index (χ1n) is 7.82. The quantitative estimate of drug-likeness (QED) is 0.809. The topological polar surface area (TPSA) is 59.9 Å². The monoisotopic (exact) mass is 300 g/mol. The Morgan fingerprint density at radius 3 is 2.77 bits per heavy atom. The molecule has 0 aliphatic rings. The molecule has 2 aromatic rings. The Balaban J connectivity index is 2.07. The highest BCUT2D eigenvalue weighted by atomic mass is 16.5. The second-order valence-electron chi connectivity index (χ2n) is 5.64. The minimum atomic E-state index is 0.467. The first kappa shape index (κ1) is 16.2. The van der Waals surface area contributed by atoms with Crippen molar-refractivity contribution >= 4 is 5.82 Å². The van der Waals surface area contributed by atoms with Crippen molar-refractivity contribution in [2.75, 3.05) is 11.9 Å². The lowest BCUT2D eigenvalue weighted by atomic mass is 10.2. The molecule has 5 heteroatoms. The summed E-state index contributed by atoms with van der Waals surface area (Å²) in [6.07, 6.45) is 3.64. The molecule has 0 radical (unpaired) electrons. The molecule has 0 saturated carbocycles. The number of aromatic nitrogens is 3. The Labute approximate surface area is 132 Å². The van der Waals surface area contributed by atoms with Crippen LogP contribution in [0.1, 0.15) is 38.7 Å². The molecule has 0 atom stereocenters. The van der Waals surface area contributed by atoms with Gasteiger partial charge in [0.2, 0.25) is 5.88 Å². The van der Waals surface area contributed by atoms with Gasteiger partial charge in [0.05, 0.1) is 18.8 Å². The molecule has 2 rings (SSSR count). The molecule has 0 bridgehead atoms. The molecule has 22 heavy (non-hydrogen) atoms. The van der Waals surface area contributed by atoms with Crippen LogP contribution < -0.4 is 10.1 Å². The van der Waals surface area contributed by atoms with Crippen LogP contribution in [0.3, 0.4) is 0 Å². The Kier molecular flexibility index (Phi) is 6.13. The highest BCUT2D eigenvalue weighted by Crippen LogP contribution is 2.16. The van der Waals surface area contributed by atoms with Gasteiger partial charge in [-0.05, 0) is 24.5 Å². The Bertz CT molecular complexity index is 572. The van der Waals surface area contributed by atoms with Crippen LogP contribution in [0, 0.1) is 5.92 Å². The molecule has 0 aromatic carbocycles. The van der Waals surface area contributed by atoms with Crippen LogP contribution in [0.4, 0.5) is 5.82 Å². The Hall–Kier alpha value is -2.17. The highest BCUT2D eigenvalue weighted by molar-refractivity contribution is 5.39. The van der Waals surface area contributed by atoms with Gasteiger partial charge in [-0.3, -0.25) is 4.98 Å². The SMILES string of the molecule is CCCc1nc(NCc2ccccn2)cc(OCC(C)C)n1. The molecule has 0 amide bonds. The highest BCUT2D eigenvalue weighted by Gasteiger charge is 2.06.